The van der Waals surface area contributed by atoms with E-state index in [1.165, 1.54) is 0 Å². The number of nitrogens with one attached hydrogen (secondary N) is 1. The molecule has 1 aliphatic heterocycles. The molecule has 27 heavy (non-hydrogen) atoms. The second-order valence-corrected chi connectivity index (χ2v) is 8.00. The lowest BCUT2D eigenvalue weighted by atomic mass is 9.91. The van der Waals surface area contributed by atoms with Crippen LogP contribution in [-0.2, 0) is 20.9 Å². The van der Waals surface area contributed by atoms with Crippen molar-refractivity contribution in [3.8, 4) is 6.07 Å². The van der Waals surface area contributed by atoms with Crippen LogP contribution in [0, 0.1) is 18.3 Å². The highest BCUT2D eigenvalue weighted by Crippen LogP contribution is 2.39. The van der Waals surface area contributed by atoms with Crippen LogP contribution in [0.3, 0.4) is 0 Å². The lowest BCUT2D eigenvalue weighted by molar-refractivity contribution is -0.141. The van der Waals surface area contributed by atoms with Gasteiger partial charge in [0.1, 0.15) is 6.61 Å². The molecule has 0 fully saturated rings. The van der Waals surface area contributed by atoms with E-state index in [4.69, 9.17) is 4.74 Å². The minimum Gasteiger partial charge on any atom is -0.460 e. The third-order valence-corrected chi connectivity index (χ3v) is 6.27. The first-order chi connectivity index (χ1) is 13.1. The Hall–Kier alpha value is -2.56. The number of amides is 1. The molecule has 1 aromatic carbocycles. The number of esters is 1. The van der Waals surface area contributed by atoms with Crippen molar-refractivity contribution in [3.05, 3.63) is 68.4 Å². The second-order valence-electron chi connectivity index (χ2n) is 6.06. The maximum atomic E-state index is 12.1. The molecule has 0 saturated heterocycles. The summed E-state index contributed by atoms with van der Waals surface area (Å²) in [6.45, 7) is 2.18. The van der Waals surface area contributed by atoms with Crippen molar-refractivity contribution in [2.75, 3.05) is 5.75 Å². The maximum absolute atomic E-state index is 12.1. The summed E-state index contributed by atoms with van der Waals surface area (Å²) in [4.78, 5) is 25.2. The Bertz CT molecular complexity index is 913. The average molecular weight is 399 g/mol. The van der Waals surface area contributed by atoms with Gasteiger partial charge in [-0.3, -0.25) is 9.59 Å². The fourth-order valence-corrected chi connectivity index (χ4v) is 4.72. The zero-order chi connectivity index (χ0) is 19.2. The lowest BCUT2D eigenvalue weighted by Gasteiger charge is -2.24. The molecule has 3 rings (SSSR count). The van der Waals surface area contributed by atoms with Crippen molar-refractivity contribution in [1.29, 1.82) is 5.26 Å². The molecular formula is C20H18N2O3S2. The van der Waals surface area contributed by atoms with Crippen LogP contribution in [0.5, 0.6) is 0 Å². The number of nitrogens with zero attached hydrogens (tertiary/aromatic N) is 1. The molecule has 2 heterocycles. The Morgan fingerprint density at radius 1 is 1.37 bits per heavy atom. The number of hydrogen-bond donors (Lipinski definition) is 1. The molecule has 1 atom stereocenters. The van der Waals surface area contributed by atoms with Gasteiger partial charge in [0.15, 0.2) is 0 Å². The number of thiophene rings is 1. The normalized spacial score (nSPS) is 16.6. The minimum atomic E-state index is -0.391. The Balaban J connectivity index is 1.67. The number of ether oxygens (including phenoxy) is 1. The van der Waals surface area contributed by atoms with Gasteiger partial charge in [0.25, 0.3) is 0 Å². The summed E-state index contributed by atoms with van der Waals surface area (Å²) in [5, 5.41) is 14.8. The molecule has 1 unspecified atom stereocenters. The summed E-state index contributed by atoms with van der Waals surface area (Å²) in [7, 11) is 0. The number of allylic oxidation sites excluding steroid dienone is 1. The van der Waals surface area contributed by atoms with Gasteiger partial charge in [0.2, 0.25) is 5.91 Å². The average Bonchev–Trinajstić information content (AvgIpc) is 3.10. The number of benzene rings is 1. The van der Waals surface area contributed by atoms with Crippen molar-refractivity contribution in [2.45, 2.75) is 25.9 Å². The van der Waals surface area contributed by atoms with Crippen LogP contribution in [0.25, 0.3) is 0 Å². The summed E-state index contributed by atoms with van der Waals surface area (Å²) in [5.74, 6) is -0.764. The Kier molecular flexibility index (Phi) is 6.32. The van der Waals surface area contributed by atoms with Crippen LogP contribution in [0.15, 0.2) is 52.4 Å². The molecule has 1 N–H and O–H groups in total. The van der Waals surface area contributed by atoms with Crippen molar-refractivity contribution in [2.24, 2.45) is 0 Å². The van der Waals surface area contributed by atoms with Gasteiger partial charge in [-0.25, -0.2) is 0 Å². The van der Waals surface area contributed by atoms with Gasteiger partial charge in [0, 0.05) is 17.2 Å². The summed E-state index contributed by atoms with van der Waals surface area (Å²) in [5.41, 5.74) is 2.48. The van der Waals surface area contributed by atoms with Gasteiger partial charge in [-0.05, 0) is 29.5 Å². The number of aryl methyl sites for hydroxylation is 1. The van der Waals surface area contributed by atoms with E-state index >= 15 is 0 Å². The summed E-state index contributed by atoms with van der Waals surface area (Å²) < 4.78 is 5.26. The SMILES string of the molecule is Cc1ccsc1C1CC(=O)NC(SCC(=O)OCc2ccccc2)=C1C#N. The van der Waals surface area contributed by atoms with Gasteiger partial charge in [0.05, 0.1) is 22.4 Å². The Labute approximate surface area is 166 Å². The van der Waals surface area contributed by atoms with Gasteiger partial charge >= 0.3 is 5.97 Å². The first-order valence-electron chi connectivity index (χ1n) is 8.39. The molecule has 1 amide bonds. The molecule has 0 saturated carbocycles. The smallest absolute Gasteiger partial charge is 0.316 e. The van der Waals surface area contributed by atoms with E-state index in [0.717, 1.165) is 27.8 Å². The molecule has 0 aliphatic carbocycles. The summed E-state index contributed by atoms with van der Waals surface area (Å²) >= 11 is 2.68. The monoisotopic (exact) mass is 398 g/mol. The van der Waals surface area contributed by atoms with Gasteiger partial charge < -0.3 is 10.1 Å². The fourth-order valence-electron chi connectivity index (χ4n) is 2.81. The molecular weight excluding hydrogens is 380 g/mol. The Morgan fingerprint density at radius 2 is 2.15 bits per heavy atom. The third kappa shape index (κ3) is 4.79. The van der Waals surface area contributed by atoms with E-state index in [1.54, 1.807) is 11.3 Å². The van der Waals surface area contributed by atoms with Gasteiger partial charge in [-0.15, -0.1) is 11.3 Å². The quantitative estimate of drug-likeness (QED) is 0.747. The minimum absolute atomic E-state index is 0.0315. The van der Waals surface area contributed by atoms with Crippen LogP contribution in [0.1, 0.15) is 28.3 Å². The molecule has 0 radical (unpaired) electrons. The molecule has 1 aromatic heterocycles. The standard InChI is InChI=1S/C20H18N2O3S2/c1-13-7-8-26-19(13)15-9-17(23)22-20(16(15)10-21)27-12-18(24)25-11-14-5-3-2-4-6-14/h2-8,15H,9,11-12H2,1H3,(H,22,23). The number of rotatable bonds is 6. The first-order valence-corrected chi connectivity index (χ1v) is 10.3. The van der Waals surface area contributed by atoms with Crippen LogP contribution >= 0.6 is 23.1 Å². The first kappa shape index (κ1) is 19.2. The van der Waals surface area contributed by atoms with Crippen molar-refractivity contribution >= 4 is 35.0 Å². The summed E-state index contributed by atoms with van der Waals surface area (Å²) in [6.07, 6.45) is 0.243. The number of carbonyl (C=O) groups excluding carboxylic acids is 2. The highest BCUT2D eigenvalue weighted by Gasteiger charge is 2.31. The molecule has 7 heteroatoms. The molecule has 2 aromatic rings. The number of thioether (sulfide) groups is 1. The van der Waals surface area contributed by atoms with E-state index in [1.807, 2.05) is 48.7 Å². The molecule has 5 nitrogen and oxygen atoms in total. The maximum Gasteiger partial charge on any atom is 0.316 e. The van der Waals surface area contributed by atoms with Gasteiger partial charge in [-0.2, -0.15) is 5.26 Å². The highest BCUT2D eigenvalue weighted by atomic mass is 32.2. The Morgan fingerprint density at radius 3 is 2.81 bits per heavy atom. The van der Waals surface area contributed by atoms with Crippen LogP contribution in [-0.4, -0.2) is 17.6 Å². The van der Waals surface area contributed by atoms with Crippen molar-refractivity contribution in [1.82, 2.24) is 5.32 Å². The van der Waals surface area contributed by atoms with E-state index in [9.17, 15) is 14.9 Å². The van der Waals surface area contributed by atoms with E-state index in [2.05, 4.69) is 11.4 Å². The zero-order valence-electron chi connectivity index (χ0n) is 14.7. The van der Waals surface area contributed by atoms with Crippen LogP contribution < -0.4 is 5.32 Å². The van der Waals surface area contributed by atoms with Crippen LogP contribution in [0.4, 0.5) is 0 Å². The molecule has 0 spiro atoms. The zero-order valence-corrected chi connectivity index (χ0v) is 16.4. The number of nitriles is 1. The molecule has 138 valence electrons. The fraction of sp³-hybridized carbons (Fsp3) is 0.250. The van der Waals surface area contributed by atoms with E-state index in [-0.39, 0.29) is 30.6 Å². The second kappa shape index (κ2) is 8.89. The third-order valence-electron chi connectivity index (χ3n) is 4.15. The lowest BCUT2D eigenvalue weighted by Crippen LogP contribution is -2.31. The van der Waals surface area contributed by atoms with Gasteiger partial charge in [-0.1, -0.05) is 42.1 Å². The molecule has 0 bridgehead atoms. The predicted octanol–water partition coefficient (Wildman–Crippen LogP) is 3.87. The largest absolute Gasteiger partial charge is 0.460 e. The van der Waals surface area contributed by atoms with E-state index < -0.39 is 5.97 Å². The highest BCUT2D eigenvalue weighted by molar-refractivity contribution is 8.03. The predicted molar refractivity (Wildman–Crippen MR) is 106 cm³/mol. The topological polar surface area (TPSA) is 79.2 Å². The number of carbonyl (C=O) groups is 2. The van der Waals surface area contributed by atoms with E-state index in [0.29, 0.717) is 10.6 Å². The van der Waals surface area contributed by atoms with Crippen molar-refractivity contribution in [3.63, 3.8) is 0 Å². The van der Waals surface area contributed by atoms with Crippen LogP contribution in [0.2, 0.25) is 0 Å². The summed E-state index contributed by atoms with van der Waals surface area (Å²) in [6, 6.07) is 13.6. The molecule has 1 aliphatic rings. The number of hydrogen-bond acceptors (Lipinski definition) is 6. The van der Waals surface area contributed by atoms with Crippen molar-refractivity contribution < 1.29 is 14.3 Å².